The van der Waals surface area contributed by atoms with Crippen molar-refractivity contribution in [3.05, 3.63) is 23.9 Å². The molecule has 0 fully saturated rings. The van der Waals surface area contributed by atoms with E-state index in [1.54, 1.807) is 6.92 Å². The van der Waals surface area contributed by atoms with Gasteiger partial charge in [0.05, 0.1) is 12.2 Å². The predicted molar refractivity (Wildman–Crippen MR) is 60.0 cm³/mol. The minimum atomic E-state index is -0.276. The van der Waals surface area contributed by atoms with E-state index < -0.39 is 0 Å². The molecule has 84 valence electrons. The molecule has 1 aromatic heterocycles. The van der Waals surface area contributed by atoms with Gasteiger partial charge in [-0.1, -0.05) is 6.07 Å². The van der Waals surface area contributed by atoms with Crippen LogP contribution in [0.25, 0.3) is 0 Å². The molecule has 0 bridgehead atoms. The monoisotopic (exact) mass is 209 g/mol. The molecule has 3 heteroatoms. The number of rotatable bonds is 5. The van der Waals surface area contributed by atoms with Crippen molar-refractivity contribution in [3.8, 4) is 5.88 Å². The third kappa shape index (κ3) is 4.79. The first-order valence-electron chi connectivity index (χ1n) is 5.38. The van der Waals surface area contributed by atoms with E-state index in [1.807, 2.05) is 32.0 Å². The Kier molecular flexibility index (Phi) is 4.56. The molecule has 0 aliphatic heterocycles. The Labute approximate surface area is 91.1 Å². The summed E-state index contributed by atoms with van der Waals surface area (Å²) >= 11 is 0. The van der Waals surface area contributed by atoms with E-state index in [4.69, 9.17) is 9.84 Å². The normalized spacial score (nSPS) is 12.9. The summed E-state index contributed by atoms with van der Waals surface area (Å²) in [6.07, 6.45) is 1.39. The molecule has 0 aliphatic rings. The lowest BCUT2D eigenvalue weighted by atomic mass is 10.1. The molecule has 0 radical (unpaired) electrons. The number of pyridine rings is 1. The zero-order valence-electron chi connectivity index (χ0n) is 9.60. The lowest BCUT2D eigenvalue weighted by Gasteiger charge is -2.10. The van der Waals surface area contributed by atoms with Crippen LogP contribution < -0.4 is 4.74 Å². The molecule has 15 heavy (non-hydrogen) atoms. The fourth-order valence-electron chi connectivity index (χ4n) is 1.26. The maximum absolute atomic E-state index is 9.17. The average Bonchev–Trinajstić information content (AvgIpc) is 2.14. The minimum Gasteiger partial charge on any atom is -0.475 e. The first-order chi connectivity index (χ1) is 7.08. The molecule has 0 aliphatic carbocycles. The number of nitrogens with zero attached hydrogens (tertiary/aromatic N) is 1. The van der Waals surface area contributed by atoms with Crippen LogP contribution in [0.2, 0.25) is 0 Å². The highest BCUT2D eigenvalue weighted by molar-refractivity contribution is 5.16. The van der Waals surface area contributed by atoms with Crippen LogP contribution in [0.15, 0.2) is 18.2 Å². The van der Waals surface area contributed by atoms with Crippen molar-refractivity contribution in [1.29, 1.82) is 0 Å². The summed E-state index contributed by atoms with van der Waals surface area (Å²) in [5, 5.41) is 9.17. The summed E-state index contributed by atoms with van der Waals surface area (Å²) in [7, 11) is 0. The van der Waals surface area contributed by atoms with E-state index >= 15 is 0 Å². The second-order valence-electron chi connectivity index (χ2n) is 4.02. The summed E-state index contributed by atoms with van der Waals surface area (Å²) in [5.41, 5.74) is 0.967. The van der Waals surface area contributed by atoms with Crippen molar-refractivity contribution >= 4 is 0 Å². The summed E-state index contributed by atoms with van der Waals surface area (Å²) in [6, 6.07) is 5.74. The van der Waals surface area contributed by atoms with E-state index in [0.29, 0.717) is 5.88 Å². The van der Waals surface area contributed by atoms with Gasteiger partial charge < -0.3 is 9.84 Å². The molecule has 1 heterocycles. The van der Waals surface area contributed by atoms with Gasteiger partial charge in [-0.25, -0.2) is 4.98 Å². The zero-order valence-corrected chi connectivity index (χ0v) is 9.60. The largest absolute Gasteiger partial charge is 0.475 e. The van der Waals surface area contributed by atoms with Gasteiger partial charge >= 0.3 is 0 Å². The number of aryl methyl sites for hydroxylation is 1. The Hall–Kier alpha value is -1.09. The highest BCUT2D eigenvalue weighted by atomic mass is 16.5. The number of ether oxygens (including phenoxy) is 1. The fraction of sp³-hybridized carbons (Fsp3) is 0.583. The highest BCUT2D eigenvalue weighted by Gasteiger charge is 2.02. The summed E-state index contributed by atoms with van der Waals surface area (Å²) in [6.45, 7) is 5.74. The number of hydrogen-bond acceptors (Lipinski definition) is 3. The van der Waals surface area contributed by atoms with Gasteiger partial charge in [0.25, 0.3) is 0 Å². The van der Waals surface area contributed by atoms with E-state index in [-0.39, 0.29) is 12.2 Å². The van der Waals surface area contributed by atoms with E-state index in [2.05, 4.69) is 4.98 Å². The third-order valence-corrected chi connectivity index (χ3v) is 1.96. The van der Waals surface area contributed by atoms with Gasteiger partial charge in [-0.3, -0.25) is 0 Å². The van der Waals surface area contributed by atoms with Crippen molar-refractivity contribution in [1.82, 2.24) is 4.98 Å². The SMILES string of the molecule is CC(O)CCc1cccc(OC(C)C)n1. The van der Waals surface area contributed by atoms with Crippen molar-refractivity contribution in [2.45, 2.75) is 45.8 Å². The summed E-state index contributed by atoms with van der Waals surface area (Å²) < 4.78 is 5.49. The smallest absolute Gasteiger partial charge is 0.213 e. The molecule has 3 nitrogen and oxygen atoms in total. The minimum absolute atomic E-state index is 0.143. The Morgan fingerprint density at radius 1 is 1.33 bits per heavy atom. The highest BCUT2D eigenvalue weighted by Crippen LogP contribution is 2.11. The lowest BCUT2D eigenvalue weighted by molar-refractivity contribution is 0.184. The molecule has 1 rings (SSSR count). The molecule has 1 aromatic rings. The van der Waals surface area contributed by atoms with Crippen LogP contribution in [-0.2, 0) is 6.42 Å². The van der Waals surface area contributed by atoms with Crippen molar-refractivity contribution in [2.75, 3.05) is 0 Å². The first kappa shape index (κ1) is 12.0. The van der Waals surface area contributed by atoms with Crippen LogP contribution in [0.5, 0.6) is 5.88 Å². The standard InChI is InChI=1S/C12H19NO2/c1-9(2)15-12-6-4-5-11(13-12)8-7-10(3)14/h4-6,9-10,14H,7-8H2,1-3H3. The Morgan fingerprint density at radius 2 is 2.07 bits per heavy atom. The molecule has 0 aromatic carbocycles. The van der Waals surface area contributed by atoms with E-state index in [9.17, 15) is 0 Å². The Bertz CT molecular complexity index is 297. The van der Waals surface area contributed by atoms with Gasteiger partial charge in [0, 0.05) is 11.8 Å². The molecule has 0 saturated heterocycles. The van der Waals surface area contributed by atoms with E-state index in [1.165, 1.54) is 0 Å². The molecule has 1 atom stereocenters. The number of aliphatic hydroxyl groups is 1. The average molecular weight is 209 g/mol. The van der Waals surface area contributed by atoms with Gasteiger partial charge in [0.15, 0.2) is 0 Å². The molecule has 0 amide bonds. The van der Waals surface area contributed by atoms with Crippen LogP contribution in [-0.4, -0.2) is 22.3 Å². The van der Waals surface area contributed by atoms with Crippen molar-refractivity contribution in [2.24, 2.45) is 0 Å². The van der Waals surface area contributed by atoms with E-state index in [0.717, 1.165) is 18.5 Å². The maximum Gasteiger partial charge on any atom is 0.213 e. The Balaban J connectivity index is 2.57. The number of aromatic nitrogens is 1. The molecular formula is C12H19NO2. The number of hydrogen-bond donors (Lipinski definition) is 1. The van der Waals surface area contributed by atoms with Gasteiger partial charge in [0.2, 0.25) is 5.88 Å². The van der Waals surface area contributed by atoms with Crippen LogP contribution in [0.3, 0.4) is 0 Å². The quantitative estimate of drug-likeness (QED) is 0.808. The van der Waals surface area contributed by atoms with Gasteiger partial charge in [-0.05, 0) is 39.7 Å². The molecule has 0 saturated carbocycles. The Morgan fingerprint density at radius 3 is 2.67 bits per heavy atom. The van der Waals surface area contributed by atoms with Gasteiger partial charge in [0.1, 0.15) is 0 Å². The van der Waals surface area contributed by atoms with Gasteiger partial charge in [-0.15, -0.1) is 0 Å². The lowest BCUT2D eigenvalue weighted by Crippen LogP contribution is -2.08. The second kappa shape index (κ2) is 5.71. The summed E-state index contributed by atoms with van der Waals surface area (Å²) in [4.78, 5) is 4.35. The topological polar surface area (TPSA) is 42.4 Å². The zero-order chi connectivity index (χ0) is 11.3. The third-order valence-electron chi connectivity index (χ3n) is 1.96. The van der Waals surface area contributed by atoms with Crippen LogP contribution in [0.4, 0.5) is 0 Å². The van der Waals surface area contributed by atoms with Gasteiger partial charge in [-0.2, -0.15) is 0 Å². The molecular weight excluding hydrogens is 190 g/mol. The predicted octanol–water partition coefficient (Wildman–Crippen LogP) is 2.18. The maximum atomic E-state index is 9.17. The summed E-state index contributed by atoms with van der Waals surface area (Å²) in [5.74, 6) is 0.660. The van der Waals surface area contributed by atoms with Crippen LogP contribution in [0.1, 0.15) is 32.9 Å². The van der Waals surface area contributed by atoms with Crippen LogP contribution in [0, 0.1) is 0 Å². The fourth-order valence-corrected chi connectivity index (χ4v) is 1.26. The van der Waals surface area contributed by atoms with Crippen molar-refractivity contribution < 1.29 is 9.84 Å². The second-order valence-corrected chi connectivity index (χ2v) is 4.02. The first-order valence-corrected chi connectivity index (χ1v) is 5.38. The van der Waals surface area contributed by atoms with Crippen LogP contribution >= 0.6 is 0 Å². The number of aliphatic hydroxyl groups excluding tert-OH is 1. The molecule has 1 unspecified atom stereocenters. The molecule has 0 spiro atoms. The molecule has 1 N–H and O–H groups in total. The van der Waals surface area contributed by atoms with Crippen molar-refractivity contribution in [3.63, 3.8) is 0 Å².